The molecule has 0 saturated carbocycles. The maximum atomic E-state index is 13.8. The lowest BCUT2D eigenvalue weighted by Crippen LogP contribution is -2.50. The first-order valence-corrected chi connectivity index (χ1v) is 9.23. The van der Waals surface area contributed by atoms with Crippen molar-refractivity contribution in [3.8, 4) is 5.75 Å². The zero-order chi connectivity index (χ0) is 19.8. The van der Waals surface area contributed by atoms with Crippen molar-refractivity contribution in [3.05, 3.63) is 29.6 Å². The second-order valence-corrected chi connectivity index (χ2v) is 8.15. The summed E-state index contributed by atoms with van der Waals surface area (Å²) in [5, 5.41) is 0. The van der Waals surface area contributed by atoms with Crippen LogP contribution in [0.5, 0.6) is 5.75 Å². The number of halogens is 1. The first-order chi connectivity index (χ1) is 12.7. The number of hydrogen-bond acceptors (Lipinski definition) is 5. The van der Waals surface area contributed by atoms with E-state index in [-0.39, 0.29) is 29.8 Å². The summed E-state index contributed by atoms with van der Waals surface area (Å²) < 4.78 is 29.9. The lowest BCUT2D eigenvalue weighted by Gasteiger charge is -2.39. The molecule has 1 aromatic rings. The van der Waals surface area contributed by atoms with E-state index in [1.165, 1.54) is 19.2 Å². The van der Waals surface area contributed by atoms with Gasteiger partial charge < -0.3 is 19.1 Å². The fraction of sp³-hybridized carbons (Fsp3) is 0.600. The molecular formula is C20H26FNO5. The Hall–Kier alpha value is -2.31. The number of rotatable bonds is 3. The lowest BCUT2D eigenvalue weighted by molar-refractivity contribution is -0.00715. The summed E-state index contributed by atoms with van der Waals surface area (Å²) in [6, 6.07) is 3.97. The van der Waals surface area contributed by atoms with Gasteiger partial charge in [0.15, 0.2) is 0 Å². The van der Waals surface area contributed by atoms with Gasteiger partial charge in [0.05, 0.1) is 12.7 Å². The second kappa shape index (κ2) is 7.37. The zero-order valence-corrected chi connectivity index (χ0v) is 16.2. The Morgan fingerprint density at radius 2 is 1.74 bits per heavy atom. The highest BCUT2D eigenvalue weighted by Crippen LogP contribution is 2.38. The average molecular weight is 379 g/mol. The van der Waals surface area contributed by atoms with Crippen molar-refractivity contribution >= 4 is 12.1 Å². The van der Waals surface area contributed by atoms with Gasteiger partial charge in [-0.05, 0) is 45.7 Å². The van der Waals surface area contributed by atoms with Gasteiger partial charge in [-0.25, -0.2) is 14.0 Å². The van der Waals surface area contributed by atoms with Crippen molar-refractivity contribution in [2.75, 3.05) is 7.11 Å². The van der Waals surface area contributed by atoms with E-state index in [0.29, 0.717) is 18.6 Å². The fourth-order valence-corrected chi connectivity index (χ4v) is 3.89. The van der Waals surface area contributed by atoms with Gasteiger partial charge in [-0.3, -0.25) is 0 Å². The fourth-order valence-electron chi connectivity index (χ4n) is 3.89. The maximum Gasteiger partial charge on any atom is 0.410 e. The van der Waals surface area contributed by atoms with Crippen molar-refractivity contribution < 1.29 is 28.2 Å². The molecule has 1 unspecified atom stereocenters. The van der Waals surface area contributed by atoms with Gasteiger partial charge in [0, 0.05) is 31.0 Å². The summed E-state index contributed by atoms with van der Waals surface area (Å²) in [5.41, 5.74) is -0.419. The molecule has 6 nitrogen and oxygen atoms in total. The second-order valence-electron chi connectivity index (χ2n) is 8.15. The van der Waals surface area contributed by atoms with Gasteiger partial charge in [0.25, 0.3) is 0 Å². The molecule has 2 fully saturated rings. The Morgan fingerprint density at radius 3 is 2.30 bits per heavy atom. The molecule has 148 valence electrons. The van der Waals surface area contributed by atoms with E-state index >= 15 is 0 Å². The van der Waals surface area contributed by atoms with E-state index in [2.05, 4.69) is 4.74 Å². The minimum Gasteiger partial charge on any atom is -0.490 e. The van der Waals surface area contributed by atoms with Crippen LogP contribution in [0, 0.1) is 5.82 Å². The number of esters is 1. The number of carbonyl (C=O) groups is 2. The molecule has 0 aliphatic carbocycles. The molecule has 0 spiro atoms. The van der Waals surface area contributed by atoms with E-state index in [1.54, 1.807) is 0 Å². The Labute approximate surface area is 158 Å². The first-order valence-electron chi connectivity index (χ1n) is 9.23. The number of hydrogen-bond donors (Lipinski definition) is 0. The summed E-state index contributed by atoms with van der Waals surface area (Å²) in [5.74, 6) is -0.869. The highest BCUT2D eigenvalue weighted by atomic mass is 19.1. The zero-order valence-electron chi connectivity index (χ0n) is 16.2. The molecule has 2 heterocycles. The SMILES string of the molecule is COC(=O)c1cc(F)cc(OC2C[C@H]3CC[C@@H](C2)N3C(=O)OC(C)(C)C)c1. The molecule has 2 aliphatic rings. The molecule has 0 aromatic heterocycles. The summed E-state index contributed by atoms with van der Waals surface area (Å²) in [7, 11) is 1.25. The molecule has 1 aromatic carbocycles. The van der Waals surface area contributed by atoms with Crippen molar-refractivity contribution in [3.63, 3.8) is 0 Å². The molecule has 0 radical (unpaired) electrons. The van der Waals surface area contributed by atoms with Crippen LogP contribution in [0.1, 0.15) is 56.8 Å². The predicted molar refractivity (Wildman–Crippen MR) is 96.3 cm³/mol. The maximum absolute atomic E-state index is 13.8. The van der Waals surface area contributed by atoms with Crippen LogP contribution >= 0.6 is 0 Å². The third-order valence-electron chi connectivity index (χ3n) is 4.89. The van der Waals surface area contributed by atoms with Crippen LogP contribution in [0.2, 0.25) is 0 Å². The van der Waals surface area contributed by atoms with Crippen molar-refractivity contribution in [2.45, 2.75) is 70.2 Å². The number of ether oxygens (including phenoxy) is 3. The van der Waals surface area contributed by atoms with E-state index in [4.69, 9.17) is 9.47 Å². The Kier molecular flexibility index (Phi) is 5.31. The van der Waals surface area contributed by atoms with Crippen molar-refractivity contribution in [1.82, 2.24) is 4.90 Å². The topological polar surface area (TPSA) is 65.1 Å². The molecule has 2 aliphatic heterocycles. The number of nitrogens with zero attached hydrogens (tertiary/aromatic N) is 1. The smallest absolute Gasteiger partial charge is 0.410 e. The van der Waals surface area contributed by atoms with Gasteiger partial charge in [-0.1, -0.05) is 0 Å². The number of benzene rings is 1. The third-order valence-corrected chi connectivity index (χ3v) is 4.89. The summed E-state index contributed by atoms with van der Waals surface area (Å²) in [6.07, 6.45) is 2.68. The van der Waals surface area contributed by atoms with Crippen LogP contribution in [-0.2, 0) is 9.47 Å². The average Bonchev–Trinajstić information content (AvgIpc) is 2.83. The van der Waals surface area contributed by atoms with Crippen LogP contribution in [0.25, 0.3) is 0 Å². The van der Waals surface area contributed by atoms with Gasteiger partial charge >= 0.3 is 12.1 Å². The van der Waals surface area contributed by atoms with Gasteiger partial charge in [-0.2, -0.15) is 0 Å². The van der Waals surface area contributed by atoms with Gasteiger partial charge in [0.2, 0.25) is 0 Å². The molecule has 3 atom stereocenters. The number of piperidine rings is 1. The molecule has 27 heavy (non-hydrogen) atoms. The van der Waals surface area contributed by atoms with E-state index in [1.807, 2.05) is 25.7 Å². The van der Waals surface area contributed by atoms with E-state index in [9.17, 15) is 14.0 Å². The summed E-state index contributed by atoms with van der Waals surface area (Å²) >= 11 is 0. The van der Waals surface area contributed by atoms with Gasteiger partial charge in [0.1, 0.15) is 23.3 Å². The molecule has 7 heteroatoms. The van der Waals surface area contributed by atoms with Crippen LogP contribution < -0.4 is 4.74 Å². The summed E-state index contributed by atoms with van der Waals surface area (Å²) in [4.78, 5) is 26.0. The number of carbonyl (C=O) groups excluding carboxylic acids is 2. The molecule has 0 N–H and O–H groups in total. The van der Waals surface area contributed by atoms with E-state index < -0.39 is 17.4 Å². The van der Waals surface area contributed by atoms with Gasteiger partial charge in [-0.15, -0.1) is 0 Å². The summed E-state index contributed by atoms with van der Waals surface area (Å²) in [6.45, 7) is 5.56. The van der Waals surface area contributed by atoms with Crippen LogP contribution in [0.3, 0.4) is 0 Å². The van der Waals surface area contributed by atoms with Crippen molar-refractivity contribution in [2.24, 2.45) is 0 Å². The van der Waals surface area contributed by atoms with Crippen molar-refractivity contribution in [1.29, 1.82) is 0 Å². The molecule has 1 amide bonds. The third kappa shape index (κ3) is 4.51. The van der Waals surface area contributed by atoms with Crippen LogP contribution in [0.4, 0.5) is 9.18 Å². The quantitative estimate of drug-likeness (QED) is 0.745. The van der Waals surface area contributed by atoms with Crippen LogP contribution in [0.15, 0.2) is 18.2 Å². The Morgan fingerprint density at radius 1 is 1.11 bits per heavy atom. The normalized spacial score (nSPS) is 24.5. The predicted octanol–water partition coefficient (Wildman–Crippen LogP) is 3.92. The minimum atomic E-state index is -0.612. The molecule has 2 bridgehead atoms. The molecule has 3 rings (SSSR count). The standard InChI is InChI=1S/C20H26FNO5/c1-20(2,3)27-19(24)22-14-5-6-15(22)11-17(10-14)26-16-8-12(18(23)25-4)7-13(21)9-16/h7-9,14-15,17H,5-6,10-11H2,1-4H3/t14-,15+,17?. The lowest BCUT2D eigenvalue weighted by atomic mass is 10.00. The number of amides is 1. The minimum absolute atomic E-state index is 0.0530. The Bertz CT molecular complexity index is 716. The monoisotopic (exact) mass is 379 g/mol. The largest absolute Gasteiger partial charge is 0.490 e. The highest BCUT2D eigenvalue weighted by Gasteiger charge is 2.45. The highest BCUT2D eigenvalue weighted by molar-refractivity contribution is 5.89. The molecule has 2 saturated heterocycles. The number of methoxy groups -OCH3 is 1. The number of fused-ring (bicyclic) bond motifs is 2. The first kappa shape index (κ1) is 19.5. The van der Waals surface area contributed by atoms with E-state index in [0.717, 1.165) is 18.9 Å². The Balaban J connectivity index is 1.68. The molecular weight excluding hydrogens is 353 g/mol. The van der Waals surface area contributed by atoms with Crippen LogP contribution in [-0.4, -0.2) is 47.9 Å².